The molecule has 3 rings (SSSR count). The molecule has 1 aromatic heterocycles. The van der Waals surface area contributed by atoms with E-state index in [9.17, 15) is 19.7 Å². The first-order valence-electron chi connectivity index (χ1n) is 10.3. The van der Waals surface area contributed by atoms with E-state index >= 15 is 0 Å². The molecule has 0 radical (unpaired) electrons. The number of benzene rings is 1. The second-order valence-electron chi connectivity index (χ2n) is 7.76. The Balaban J connectivity index is 1.61. The third-order valence-corrected chi connectivity index (χ3v) is 5.48. The predicted octanol–water partition coefficient (Wildman–Crippen LogP) is 2.13. The van der Waals surface area contributed by atoms with Crippen LogP contribution in [0.5, 0.6) is 0 Å². The zero-order valence-electron chi connectivity index (χ0n) is 17.7. The molecular weight excluding hydrogens is 398 g/mol. The number of piperidine rings is 1. The van der Waals surface area contributed by atoms with Crippen LogP contribution in [0.1, 0.15) is 30.9 Å². The molecule has 9 nitrogen and oxygen atoms in total. The van der Waals surface area contributed by atoms with Gasteiger partial charge in [-0.1, -0.05) is 24.3 Å². The normalized spacial score (nSPS) is 15.2. The van der Waals surface area contributed by atoms with Gasteiger partial charge in [0.15, 0.2) is 0 Å². The van der Waals surface area contributed by atoms with Crippen LogP contribution in [0.4, 0.5) is 11.5 Å². The van der Waals surface area contributed by atoms with Crippen LogP contribution in [-0.4, -0.2) is 46.9 Å². The molecule has 0 unspecified atom stereocenters. The molecule has 2 aromatic rings. The van der Waals surface area contributed by atoms with Crippen LogP contribution in [0, 0.1) is 17.0 Å². The summed E-state index contributed by atoms with van der Waals surface area (Å²) in [5.41, 5.74) is 2.05. The zero-order valence-corrected chi connectivity index (χ0v) is 17.7. The van der Waals surface area contributed by atoms with Crippen molar-refractivity contribution < 1.29 is 14.5 Å². The Morgan fingerprint density at radius 1 is 1.23 bits per heavy atom. The average Bonchev–Trinajstić information content (AvgIpc) is 2.75. The Bertz CT molecular complexity index is 956. The summed E-state index contributed by atoms with van der Waals surface area (Å²) in [6.07, 6.45) is 3.23. The molecule has 31 heavy (non-hydrogen) atoms. The number of pyridine rings is 1. The van der Waals surface area contributed by atoms with Gasteiger partial charge in [0, 0.05) is 44.7 Å². The quantitative estimate of drug-likeness (QED) is 0.518. The summed E-state index contributed by atoms with van der Waals surface area (Å²) >= 11 is 0. The molecule has 0 bridgehead atoms. The number of aryl methyl sites for hydroxylation is 1. The van der Waals surface area contributed by atoms with E-state index in [2.05, 4.69) is 15.6 Å². The number of amides is 2. The number of hydrogen-bond acceptors (Lipinski definition) is 6. The van der Waals surface area contributed by atoms with Gasteiger partial charge in [0.2, 0.25) is 17.6 Å². The van der Waals surface area contributed by atoms with Crippen molar-refractivity contribution in [2.45, 2.75) is 45.2 Å². The lowest BCUT2D eigenvalue weighted by Crippen LogP contribution is -2.52. The number of carbonyl (C=O) groups excluding carboxylic acids is 2. The Hall–Kier alpha value is -3.49. The Kier molecular flexibility index (Phi) is 7.17. The topological polar surface area (TPSA) is 117 Å². The molecule has 2 N–H and O–H groups in total. The maximum atomic E-state index is 12.9. The van der Waals surface area contributed by atoms with E-state index in [-0.39, 0.29) is 23.5 Å². The van der Waals surface area contributed by atoms with E-state index in [0.29, 0.717) is 38.2 Å². The van der Waals surface area contributed by atoms with E-state index in [0.717, 1.165) is 11.1 Å². The van der Waals surface area contributed by atoms with Crippen LogP contribution in [0.2, 0.25) is 0 Å². The van der Waals surface area contributed by atoms with Crippen molar-refractivity contribution >= 4 is 23.3 Å². The molecule has 1 aliphatic rings. The second-order valence-corrected chi connectivity index (χ2v) is 7.76. The van der Waals surface area contributed by atoms with Gasteiger partial charge in [0.05, 0.1) is 4.92 Å². The summed E-state index contributed by atoms with van der Waals surface area (Å²) in [7, 11) is 0. The van der Waals surface area contributed by atoms with Gasteiger partial charge in [-0.15, -0.1) is 0 Å². The first-order valence-corrected chi connectivity index (χ1v) is 10.3. The van der Waals surface area contributed by atoms with Crippen LogP contribution in [0.3, 0.4) is 0 Å². The summed E-state index contributed by atoms with van der Waals surface area (Å²) in [5.74, 6) is -0.125. The van der Waals surface area contributed by atoms with Crippen LogP contribution < -0.4 is 15.5 Å². The largest absolute Gasteiger partial charge is 0.351 e. The van der Waals surface area contributed by atoms with Gasteiger partial charge in [0.1, 0.15) is 6.04 Å². The molecule has 0 saturated carbocycles. The lowest BCUT2D eigenvalue weighted by molar-refractivity contribution is -0.384. The van der Waals surface area contributed by atoms with Crippen LogP contribution in [0.25, 0.3) is 0 Å². The van der Waals surface area contributed by atoms with Gasteiger partial charge >= 0.3 is 5.69 Å². The highest BCUT2D eigenvalue weighted by molar-refractivity contribution is 5.87. The smallest absolute Gasteiger partial charge is 0.311 e. The molecule has 1 aliphatic heterocycles. The SMILES string of the molecule is CC(=O)N[C@H](Cc1ccccc1C)C(=O)NC1CCN(c2ncccc2[N+](=O)[O-])CC1. The highest BCUT2D eigenvalue weighted by Crippen LogP contribution is 2.27. The van der Waals surface area contributed by atoms with Gasteiger partial charge < -0.3 is 15.5 Å². The third kappa shape index (κ3) is 5.78. The molecule has 164 valence electrons. The highest BCUT2D eigenvalue weighted by atomic mass is 16.6. The molecule has 2 amide bonds. The zero-order chi connectivity index (χ0) is 22.4. The van der Waals surface area contributed by atoms with E-state index < -0.39 is 11.0 Å². The summed E-state index contributed by atoms with van der Waals surface area (Å²) < 4.78 is 0. The minimum Gasteiger partial charge on any atom is -0.351 e. The number of nitrogens with zero attached hydrogens (tertiary/aromatic N) is 3. The fraction of sp³-hybridized carbons (Fsp3) is 0.409. The van der Waals surface area contributed by atoms with Crippen molar-refractivity contribution in [1.29, 1.82) is 0 Å². The number of aromatic nitrogens is 1. The van der Waals surface area contributed by atoms with Crippen LogP contribution in [-0.2, 0) is 16.0 Å². The fourth-order valence-corrected chi connectivity index (χ4v) is 3.83. The van der Waals surface area contributed by atoms with Crippen molar-refractivity contribution in [1.82, 2.24) is 15.6 Å². The first-order chi connectivity index (χ1) is 14.8. The number of anilines is 1. The van der Waals surface area contributed by atoms with E-state index in [1.165, 1.54) is 13.0 Å². The standard InChI is InChI=1S/C22H27N5O4/c1-15-6-3-4-7-17(15)14-19(24-16(2)28)22(29)25-18-9-12-26(13-10-18)21-20(27(30)31)8-5-11-23-21/h3-8,11,18-19H,9-10,12-14H2,1-2H3,(H,24,28)(H,25,29)/t19-/m1/s1. The van der Waals surface area contributed by atoms with Crippen molar-refractivity contribution in [3.63, 3.8) is 0 Å². The number of rotatable bonds is 7. The molecular formula is C22H27N5O4. The molecule has 1 atom stereocenters. The Morgan fingerprint density at radius 3 is 2.58 bits per heavy atom. The van der Waals surface area contributed by atoms with E-state index in [1.807, 2.05) is 36.1 Å². The van der Waals surface area contributed by atoms with Gasteiger partial charge in [-0.05, 0) is 37.0 Å². The third-order valence-electron chi connectivity index (χ3n) is 5.48. The van der Waals surface area contributed by atoms with E-state index in [4.69, 9.17) is 0 Å². The minimum absolute atomic E-state index is 0.0195. The van der Waals surface area contributed by atoms with Crippen LogP contribution in [0.15, 0.2) is 42.6 Å². The monoisotopic (exact) mass is 425 g/mol. The van der Waals surface area contributed by atoms with E-state index in [1.54, 1.807) is 12.3 Å². The van der Waals surface area contributed by atoms with Gasteiger partial charge in [-0.3, -0.25) is 19.7 Å². The number of carbonyl (C=O) groups is 2. The molecule has 1 aromatic carbocycles. The number of hydrogen-bond donors (Lipinski definition) is 2. The van der Waals surface area contributed by atoms with Gasteiger partial charge in [-0.2, -0.15) is 0 Å². The van der Waals surface area contributed by atoms with Crippen molar-refractivity contribution in [3.05, 3.63) is 63.8 Å². The fourth-order valence-electron chi connectivity index (χ4n) is 3.83. The van der Waals surface area contributed by atoms with Crippen molar-refractivity contribution in [2.75, 3.05) is 18.0 Å². The Labute approximate surface area is 181 Å². The minimum atomic E-state index is -0.659. The second kappa shape index (κ2) is 10.0. The lowest BCUT2D eigenvalue weighted by Gasteiger charge is -2.33. The first kappa shape index (κ1) is 22.2. The lowest BCUT2D eigenvalue weighted by atomic mass is 9.99. The molecule has 2 heterocycles. The van der Waals surface area contributed by atoms with Gasteiger partial charge in [-0.25, -0.2) is 4.98 Å². The molecule has 0 spiro atoms. The maximum Gasteiger partial charge on any atom is 0.311 e. The summed E-state index contributed by atoms with van der Waals surface area (Å²) in [4.78, 5) is 41.4. The molecule has 1 saturated heterocycles. The van der Waals surface area contributed by atoms with Crippen molar-refractivity contribution in [3.8, 4) is 0 Å². The maximum absolute atomic E-state index is 12.9. The number of nitro groups is 1. The molecule has 1 fully saturated rings. The molecule has 0 aliphatic carbocycles. The summed E-state index contributed by atoms with van der Waals surface area (Å²) in [6, 6.07) is 10.0. The number of nitrogens with one attached hydrogen (secondary N) is 2. The van der Waals surface area contributed by atoms with Crippen molar-refractivity contribution in [2.24, 2.45) is 0 Å². The Morgan fingerprint density at radius 2 is 1.94 bits per heavy atom. The summed E-state index contributed by atoms with van der Waals surface area (Å²) in [5, 5.41) is 17.1. The van der Waals surface area contributed by atoms with Crippen LogP contribution >= 0.6 is 0 Å². The predicted molar refractivity (Wildman–Crippen MR) is 117 cm³/mol. The molecule has 9 heteroatoms. The van der Waals surface area contributed by atoms with Gasteiger partial charge in [0.25, 0.3) is 0 Å². The average molecular weight is 425 g/mol. The highest BCUT2D eigenvalue weighted by Gasteiger charge is 2.28. The summed E-state index contributed by atoms with van der Waals surface area (Å²) in [6.45, 7) is 4.47.